The van der Waals surface area contributed by atoms with E-state index in [1.807, 2.05) is 66.7 Å². The second-order valence-corrected chi connectivity index (χ2v) is 10.0. The van der Waals surface area contributed by atoms with E-state index in [4.69, 9.17) is 4.42 Å². The second-order valence-electron chi connectivity index (χ2n) is 10.0. The van der Waals surface area contributed by atoms with Crippen LogP contribution in [0.2, 0.25) is 0 Å². The highest BCUT2D eigenvalue weighted by Gasteiger charge is 2.42. The molecule has 36 heavy (non-hydrogen) atoms. The summed E-state index contributed by atoms with van der Waals surface area (Å²) in [5, 5.41) is 6.88. The number of fused-ring (bicyclic) bond motifs is 1. The zero-order valence-electron chi connectivity index (χ0n) is 20.3. The van der Waals surface area contributed by atoms with Crippen molar-refractivity contribution in [2.75, 3.05) is 10.2 Å². The number of nitrogens with one attached hydrogen (secondary N) is 2. The number of rotatable bonds is 3. The van der Waals surface area contributed by atoms with Gasteiger partial charge in [-0.2, -0.15) is 0 Å². The quantitative estimate of drug-likeness (QED) is 0.437. The Balaban J connectivity index is 1.48. The molecule has 0 spiro atoms. The predicted octanol–water partition coefficient (Wildman–Crippen LogP) is 6.70. The first kappa shape index (κ1) is 22.7. The molecule has 2 aliphatic carbocycles. The van der Waals surface area contributed by atoms with E-state index in [1.54, 1.807) is 11.2 Å². The number of nitrogens with zero attached hydrogens (tertiary/aromatic N) is 1. The van der Waals surface area contributed by atoms with Crippen LogP contribution in [-0.2, 0) is 4.79 Å². The van der Waals surface area contributed by atoms with E-state index in [2.05, 4.69) is 10.6 Å². The molecule has 3 aromatic rings. The zero-order chi connectivity index (χ0) is 24.5. The minimum Gasteiger partial charge on any atom is -0.469 e. The molecule has 6 rings (SSSR count). The highest BCUT2D eigenvalue weighted by molar-refractivity contribution is 6.06. The lowest BCUT2D eigenvalue weighted by molar-refractivity contribution is -0.116. The summed E-state index contributed by atoms with van der Waals surface area (Å²) in [4.78, 5) is 29.7. The Bertz CT molecular complexity index is 1280. The van der Waals surface area contributed by atoms with Crippen molar-refractivity contribution in [1.29, 1.82) is 0 Å². The van der Waals surface area contributed by atoms with Gasteiger partial charge in [-0.25, -0.2) is 4.79 Å². The van der Waals surface area contributed by atoms with Crippen LogP contribution in [0, 0.1) is 0 Å². The summed E-state index contributed by atoms with van der Waals surface area (Å²) in [6, 6.07) is 21.1. The first-order chi connectivity index (χ1) is 17.7. The number of carbonyl (C=O) groups is 2. The molecule has 2 aromatic carbocycles. The van der Waals surface area contributed by atoms with Crippen LogP contribution in [0.3, 0.4) is 0 Å². The molecule has 2 atom stereocenters. The van der Waals surface area contributed by atoms with E-state index in [0.29, 0.717) is 18.4 Å². The van der Waals surface area contributed by atoms with Gasteiger partial charge in [0.25, 0.3) is 0 Å². The summed E-state index contributed by atoms with van der Waals surface area (Å²) in [6.45, 7) is 0. The topological polar surface area (TPSA) is 74.6 Å². The largest absolute Gasteiger partial charge is 0.469 e. The molecular weight excluding hydrogens is 450 g/mol. The smallest absolute Gasteiger partial charge is 0.323 e. The lowest BCUT2D eigenvalue weighted by atomic mass is 9.80. The Kier molecular flexibility index (Phi) is 6.09. The number of hydrogen-bond donors (Lipinski definition) is 2. The Morgan fingerprint density at radius 1 is 0.917 bits per heavy atom. The second kappa shape index (κ2) is 9.69. The van der Waals surface area contributed by atoms with Gasteiger partial charge < -0.3 is 15.1 Å². The molecule has 0 saturated heterocycles. The fourth-order valence-corrected chi connectivity index (χ4v) is 5.98. The molecule has 3 aliphatic rings. The van der Waals surface area contributed by atoms with Gasteiger partial charge in [-0.15, -0.1) is 0 Å². The summed E-state index contributed by atoms with van der Waals surface area (Å²) in [7, 11) is 0. The highest BCUT2D eigenvalue weighted by Crippen LogP contribution is 2.47. The van der Waals surface area contributed by atoms with Crippen molar-refractivity contribution in [3.05, 3.63) is 95.6 Å². The third kappa shape index (κ3) is 4.21. The van der Waals surface area contributed by atoms with Crippen molar-refractivity contribution in [1.82, 2.24) is 5.32 Å². The van der Waals surface area contributed by atoms with Crippen LogP contribution in [0.15, 0.2) is 88.7 Å². The van der Waals surface area contributed by atoms with Crippen LogP contribution in [0.25, 0.3) is 0 Å². The molecule has 1 aliphatic heterocycles. The molecule has 0 radical (unpaired) electrons. The summed E-state index contributed by atoms with van der Waals surface area (Å²) < 4.78 is 5.68. The number of anilines is 2. The van der Waals surface area contributed by atoms with Gasteiger partial charge in [0.1, 0.15) is 5.76 Å². The first-order valence-electron chi connectivity index (χ1n) is 13.0. The molecule has 2 amide bonds. The van der Waals surface area contributed by atoms with Crippen molar-refractivity contribution in [3.8, 4) is 0 Å². The molecule has 2 N–H and O–H groups in total. The fraction of sp³-hybridized carbons (Fsp3) is 0.333. The van der Waals surface area contributed by atoms with Crippen molar-refractivity contribution >= 4 is 23.2 Å². The number of benzene rings is 2. The summed E-state index contributed by atoms with van der Waals surface area (Å²) >= 11 is 0. The van der Waals surface area contributed by atoms with Gasteiger partial charge in [0.15, 0.2) is 5.78 Å². The van der Waals surface area contributed by atoms with Crippen LogP contribution >= 0.6 is 0 Å². The third-order valence-electron chi connectivity index (χ3n) is 7.70. The van der Waals surface area contributed by atoms with Gasteiger partial charge in [0.05, 0.1) is 23.7 Å². The van der Waals surface area contributed by atoms with Crippen molar-refractivity contribution in [2.45, 2.75) is 62.9 Å². The maximum atomic E-state index is 14.0. The van der Waals surface area contributed by atoms with E-state index in [1.165, 1.54) is 6.42 Å². The van der Waals surface area contributed by atoms with Gasteiger partial charge in [-0.05, 0) is 49.1 Å². The maximum absolute atomic E-state index is 14.0. The molecule has 184 valence electrons. The fourth-order valence-electron chi connectivity index (χ4n) is 5.98. The monoisotopic (exact) mass is 481 g/mol. The average Bonchev–Trinajstić information content (AvgIpc) is 3.40. The van der Waals surface area contributed by atoms with Crippen LogP contribution in [0.1, 0.15) is 68.2 Å². The lowest BCUT2D eigenvalue weighted by Gasteiger charge is -2.36. The summed E-state index contributed by atoms with van der Waals surface area (Å²) in [5.41, 5.74) is 4.06. The average molecular weight is 482 g/mol. The number of ketones is 1. The summed E-state index contributed by atoms with van der Waals surface area (Å²) in [6.07, 6.45) is 8.12. The molecular formula is C30H31N3O3. The summed E-state index contributed by atoms with van der Waals surface area (Å²) in [5.74, 6) is 0.824. The number of urea groups is 1. The van der Waals surface area contributed by atoms with E-state index < -0.39 is 6.04 Å². The predicted molar refractivity (Wildman–Crippen MR) is 140 cm³/mol. The van der Waals surface area contributed by atoms with Crippen molar-refractivity contribution < 1.29 is 14.0 Å². The molecule has 6 heteroatoms. The van der Waals surface area contributed by atoms with E-state index in [-0.39, 0.29) is 23.8 Å². The number of para-hydroxylation sites is 2. The molecule has 1 aromatic heterocycles. The minimum absolute atomic E-state index is 0.0371. The minimum atomic E-state index is -0.522. The zero-order valence-corrected chi connectivity index (χ0v) is 20.3. The normalized spacial score (nSPS) is 22.3. The number of amides is 2. The Morgan fingerprint density at radius 3 is 2.47 bits per heavy atom. The molecule has 0 bridgehead atoms. The van der Waals surface area contributed by atoms with Crippen LogP contribution in [-0.4, -0.2) is 17.9 Å². The molecule has 1 saturated carbocycles. The van der Waals surface area contributed by atoms with Crippen LogP contribution in [0.5, 0.6) is 0 Å². The Hall–Kier alpha value is -3.80. The Labute approximate surface area is 211 Å². The molecule has 2 unspecified atom stereocenters. The third-order valence-corrected chi connectivity index (χ3v) is 7.70. The van der Waals surface area contributed by atoms with Crippen molar-refractivity contribution in [2.24, 2.45) is 0 Å². The first-order valence-corrected chi connectivity index (χ1v) is 13.0. The van der Waals surface area contributed by atoms with Crippen LogP contribution in [0.4, 0.5) is 16.2 Å². The number of allylic oxidation sites excluding steroid dienone is 1. The van der Waals surface area contributed by atoms with E-state index >= 15 is 0 Å². The number of furan rings is 1. The van der Waals surface area contributed by atoms with Gasteiger partial charge in [-0.3, -0.25) is 9.69 Å². The van der Waals surface area contributed by atoms with Gasteiger partial charge in [-0.1, -0.05) is 61.7 Å². The molecule has 1 fully saturated rings. The van der Waals surface area contributed by atoms with Crippen molar-refractivity contribution in [3.63, 3.8) is 0 Å². The van der Waals surface area contributed by atoms with Gasteiger partial charge in [0.2, 0.25) is 0 Å². The van der Waals surface area contributed by atoms with Gasteiger partial charge in [0, 0.05) is 29.7 Å². The Morgan fingerprint density at radius 2 is 1.69 bits per heavy atom. The highest BCUT2D eigenvalue weighted by atomic mass is 16.3. The SMILES string of the molecule is O=C1CC(c2ccco2)CC2=C1C(c1ccccc1)N(C(=O)NC1CCCCC1)c1ccccc1N2. The van der Waals surface area contributed by atoms with E-state index in [9.17, 15) is 9.59 Å². The number of hydrogen-bond acceptors (Lipinski definition) is 4. The maximum Gasteiger partial charge on any atom is 0.323 e. The molecule has 2 heterocycles. The number of Topliss-reactive ketones (excluding diaryl/α,β-unsaturated/α-hetero) is 1. The standard InChI is InChI=1S/C30H31N3O3/c34-26-19-21(27-16-9-17-36-27)18-24-28(26)29(20-10-3-1-4-11-20)33(25-15-8-7-14-23(25)32-24)30(35)31-22-12-5-2-6-13-22/h1,3-4,7-11,14-17,21-22,29,32H,2,5-6,12-13,18-19H2,(H,31,35). The molecule has 6 nitrogen and oxygen atoms in total. The van der Waals surface area contributed by atoms with Crippen LogP contribution < -0.4 is 15.5 Å². The van der Waals surface area contributed by atoms with E-state index in [0.717, 1.165) is 54.1 Å². The number of carbonyl (C=O) groups excluding carboxylic acids is 2. The van der Waals surface area contributed by atoms with Gasteiger partial charge >= 0.3 is 6.03 Å². The lowest BCUT2D eigenvalue weighted by Crippen LogP contribution is -2.48.